The summed E-state index contributed by atoms with van der Waals surface area (Å²) in [4.78, 5) is 22.0. The lowest BCUT2D eigenvalue weighted by Crippen LogP contribution is -2.16. The van der Waals surface area contributed by atoms with E-state index in [2.05, 4.69) is 14.6 Å². The largest absolute Gasteiger partial charge is 0.464 e. The van der Waals surface area contributed by atoms with Gasteiger partial charge in [0.2, 0.25) is 0 Å². The van der Waals surface area contributed by atoms with E-state index >= 15 is 0 Å². The number of carbonyl (C=O) groups excluding carboxylic acids is 2. The van der Waals surface area contributed by atoms with E-state index < -0.39 is 12.1 Å². The van der Waals surface area contributed by atoms with E-state index in [0.717, 1.165) is 4.68 Å². The van der Waals surface area contributed by atoms with Crippen LogP contribution in [-0.4, -0.2) is 36.1 Å². The topological polar surface area (TPSA) is 96.4 Å². The van der Waals surface area contributed by atoms with Crippen LogP contribution in [0.25, 0.3) is 0 Å². The fourth-order valence-corrected chi connectivity index (χ4v) is 0.833. The van der Waals surface area contributed by atoms with Crippen molar-refractivity contribution in [3.8, 4) is 0 Å². The Hall–Kier alpha value is -2.05. The zero-order chi connectivity index (χ0) is 10.7. The summed E-state index contributed by atoms with van der Waals surface area (Å²) in [7, 11) is 2.39. The number of nitrogen functional groups attached to an aromatic ring is 1. The van der Waals surface area contributed by atoms with Crippen LogP contribution in [0.15, 0.2) is 6.07 Å². The number of ether oxygens (including phenoxy) is 2. The predicted octanol–water partition coefficient (Wildman–Crippen LogP) is -0.134. The SMILES string of the molecule is COC(=O)c1cc(N)n(C(=O)OC)n1. The van der Waals surface area contributed by atoms with E-state index in [9.17, 15) is 9.59 Å². The Labute approximate surface area is 79.4 Å². The molecule has 0 fully saturated rings. The molecule has 14 heavy (non-hydrogen) atoms. The highest BCUT2D eigenvalue weighted by molar-refractivity contribution is 5.89. The van der Waals surface area contributed by atoms with Crippen molar-refractivity contribution < 1.29 is 19.1 Å². The highest BCUT2D eigenvalue weighted by atomic mass is 16.5. The number of methoxy groups -OCH3 is 2. The third-order valence-corrected chi connectivity index (χ3v) is 1.48. The van der Waals surface area contributed by atoms with Crippen molar-refractivity contribution in [3.05, 3.63) is 11.8 Å². The summed E-state index contributed by atoms with van der Waals surface area (Å²) >= 11 is 0. The molecule has 76 valence electrons. The Morgan fingerprint density at radius 2 is 2.07 bits per heavy atom. The molecule has 0 atom stereocenters. The normalized spacial score (nSPS) is 9.57. The molecule has 0 aliphatic rings. The summed E-state index contributed by atoms with van der Waals surface area (Å²) in [5.74, 6) is -0.656. The molecular weight excluding hydrogens is 190 g/mol. The number of hydrogen-bond acceptors (Lipinski definition) is 6. The number of nitrogens with two attached hydrogens (primary N) is 1. The van der Waals surface area contributed by atoms with Crippen molar-refractivity contribution in [1.82, 2.24) is 9.78 Å². The van der Waals surface area contributed by atoms with Gasteiger partial charge in [-0.05, 0) is 0 Å². The Bertz CT molecular complexity index is 371. The highest BCUT2D eigenvalue weighted by Crippen LogP contribution is 2.07. The zero-order valence-corrected chi connectivity index (χ0v) is 7.68. The second kappa shape index (κ2) is 3.77. The highest BCUT2D eigenvalue weighted by Gasteiger charge is 2.16. The van der Waals surface area contributed by atoms with Crippen LogP contribution in [0, 0.1) is 0 Å². The molecule has 0 spiro atoms. The van der Waals surface area contributed by atoms with Crippen LogP contribution >= 0.6 is 0 Å². The molecular formula is C7H9N3O4. The molecule has 0 radical (unpaired) electrons. The van der Waals surface area contributed by atoms with Gasteiger partial charge in [-0.1, -0.05) is 0 Å². The van der Waals surface area contributed by atoms with Crippen LogP contribution in [0.3, 0.4) is 0 Å². The van der Waals surface area contributed by atoms with Crippen molar-refractivity contribution in [2.45, 2.75) is 0 Å². The molecule has 0 unspecified atom stereocenters. The molecule has 1 aromatic rings. The van der Waals surface area contributed by atoms with Gasteiger partial charge in [-0.3, -0.25) is 0 Å². The molecule has 1 heterocycles. The van der Waals surface area contributed by atoms with Gasteiger partial charge in [0.05, 0.1) is 14.2 Å². The summed E-state index contributed by atoms with van der Waals surface area (Å²) in [5.41, 5.74) is 5.36. The Morgan fingerprint density at radius 3 is 2.57 bits per heavy atom. The van der Waals surface area contributed by atoms with Crippen LogP contribution < -0.4 is 5.73 Å². The molecule has 0 saturated carbocycles. The van der Waals surface area contributed by atoms with Crippen LogP contribution in [0.4, 0.5) is 10.6 Å². The van der Waals surface area contributed by atoms with Crippen molar-refractivity contribution in [3.63, 3.8) is 0 Å². The molecule has 1 rings (SSSR count). The first-order chi connectivity index (χ1) is 6.60. The second-order valence-electron chi connectivity index (χ2n) is 2.33. The fourth-order valence-electron chi connectivity index (χ4n) is 0.833. The van der Waals surface area contributed by atoms with Gasteiger partial charge in [0.25, 0.3) is 0 Å². The number of nitrogens with zero attached hydrogens (tertiary/aromatic N) is 2. The molecule has 2 N–H and O–H groups in total. The molecule has 0 saturated heterocycles. The van der Waals surface area contributed by atoms with Crippen LogP contribution in [0.2, 0.25) is 0 Å². The van der Waals surface area contributed by atoms with Gasteiger partial charge in [0.1, 0.15) is 5.82 Å². The van der Waals surface area contributed by atoms with Gasteiger partial charge in [-0.15, -0.1) is 4.68 Å². The van der Waals surface area contributed by atoms with Gasteiger partial charge in [-0.25, -0.2) is 9.59 Å². The van der Waals surface area contributed by atoms with Crippen molar-refractivity contribution in [2.24, 2.45) is 0 Å². The average Bonchev–Trinajstić information content (AvgIpc) is 2.58. The first-order valence-electron chi connectivity index (χ1n) is 3.62. The van der Waals surface area contributed by atoms with Gasteiger partial charge in [0, 0.05) is 6.07 Å². The minimum absolute atomic E-state index is 0.0113. The maximum atomic E-state index is 11.0. The van der Waals surface area contributed by atoms with E-state index in [0.29, 0.717) is 0 Å². The number of carbonyl (C=O) groups is 2. The molecule has 0 aliphatic heterocycles. The van der Waals surface area contributed by atoms with Crippen LogP contribution in [-0.2, 0) is 9.47 Å². The summed E-state index contributed by atoms with van der Waals surface area (Å²) in [6, 6.07) is 1.22. The van der Waals surface area contributed by atoms with Crippen molar-refractivity contribution >= 4 is 17.9 Å². The molecule has 0 aliphatic carbocycles. The van der Waals surface area contributed by atoms with E-state index in [-0.39, 0.29) is 11.5 Å². The lowest BCUT2D eigenvalue weighted by atomic mass is 10.4. The maximum absolute atomic E-state index is 11.0. The molecule has 0 bridgehead atoms. The summed E-state index contributed by atoms with van der Waals surface area (Å²) in [6.07, 6.45) is -0.766. The van der Waals surface area contributed by atoms with E-state index in [1.54, 1.807) is 0 Å². The number of anilines is 1. The zero-order valence-electron chi connectivity index (χ0n) is 7.68. The van der Waals surface area contributed by atoms with Crippen molar-refractivity contribution in [2.75, 3.05) is 20.0 Å². The molecule has 1 aromatic heterocycles. The summed E-state index contributed by atoms with van der Waals surface area (Å²) in [6.45, 7) is 0. The Balaban J connectivity index is 3.05. The minimum Gasteiger partial charge on any atom is -0.464 e. The third kappa shape index (κ3) is 1.65. The smallest absolute Gasteiger partial charge is 0.436 e. The summed E-state index contributed by atoms with van der Waals surface area (Å²) in [5, 5.41) is 3.59. The first-order valence-corrected chi connectivity index (χ1v) is 3.62. The maximum Gasteiger partial charge on any atom is 0.436 e. The monoisotopic (exact) mass is 199 g/mol. The standard InChI is InChI=1S/C7H9N3O4/c1-13-6(11)4-3-5(8)10(9-4)7(12)14-2/h3H,8H2,1-2H3. The average molecular weight is 199 g/mol. The van der Waals surface area contributed by atoms with Crippen molar-refractivity contribution in [1.29, 1.82) is 0 Å². The van der Waals surface area contributed by atoms with Gasteiger partial charge < -0.3 is 15.2 Å². The minimum atomic E-state index is -0.766. The van der Waals surface area contributed by atoms with Gasteiger partial charge >= 0.3 is 12.1 Å². The summed E-state index contributed by atoms with van der Waals surface area (Å²) < 4.78 is 9.54. The fraction of sp³-hybridized carbons (Fsp3) is 0.286. The Morgan fingerprint density at radius 1 is 1.43 bits per heavy atom. The molecule has 0 amide bonds. The van der Waals surface area contributed by atoms with E-state index in [1.165, 1.54) is 20.3 Å². The number of hydrogen-bond donors (Lipinski definition) is 1. The number of aromatic nitrogens is 2. The van der Waals surface area contributed by atoms with Gasteiger partial charge in [-0.2, -0.15) is 5.10 Å². The second-order valence-corrected chi connectivity index (χ2v) is 2.33. The predicted molar refractivity (Wildman–Crippen MR) is 45.8 cm³/mol. The van der Waals surface area contributed by atoms with Gasteiger partial charge in [0.15, 0.2) is 5.69 Å². The lowest BCUT2D eigenvalue weighted by molar-refractivity contribution is 0.0593. The number of rotatable bonds is 1. The molecule has 0 aromatic carbocycles. The quantitative estimate of drug-likeness (QED) is 0.632. The third-order valence-electron chi connectivity index (χ3n) is 1.48. The molecule has 7 nitrogen and oxygen atoms in total. The number of esters is 1. The van der Waals surface area contributed by atoms with E-state index in [1.807, 2.05) is 0 Å². The van der Waals surface area contributed by atoms with E-state index in [4.69, 9.17) is 5.73 Å². The van der Waals surface area contributed by atoms with Crippen LogP contribution in [0.1, 0.15) is 10.5 Å². The molecule has 7 heteroatoms. The van der Waals surface area contributed by atoms with Crippen LogP contribution in [0.5, 0.6) is 0 Å². The first kappa shape index (κ1) is 10.0. The Kier molecular flexibility index (Phi) is 2.70. The lowest BCUT2D eigenvalue weighted by Gasteiger charge is -1.98.